The van der Waals surface area contributed by atoms with Crippen molar-refractivity contribution in [1.29, 1.82) is 0 Å². The molecule has 0 aliphatic rings. The van der Waals surface area contributed by atoms with Crippen LogP contribution in [0.1, 0.15) is 18.5 Å². The van der Waals surface area contributed by atoms with Crippen molar-refractivity contribution in [3.63, 3.8) is 0 Å². The monoisotopic (exact) mass is 220 g/mol. The van der Waals surface area contributed by atoms with Crippen molar-refractivity contribution in [2.75, 3.05) is 0 Å². The number of nitrogens with one attached hydrogen (secondary N) is 1. The molecule has 3 N–H and O–H groups in total. The van der Waals surface area contributed by atoms with Crippen LogP contribution in [0.5, 0.6) is 0 Å². The van der Waals surface area contributed by atoms with E-state index in [1.807, 2.05) is 19.1 Å². The number of rotatable bonds is 3. The Labute approximate surface area is 92.3 Å². The Morgan fingerprint density at radius 3 is 2.93 bits per heavy atom. The van der Waals surface area contributed by atoms with Gasteiger partial charge in [0, 0.05) is 30.2 Å². The molecule has 0 aliphatic carbocycles. The normalized spacial score (nSPS) is 12.7. The number of H-pyrrole nitrogens is 1. The van der Waals surface area contributed by atoms with Crippen LogP contribution in [0.15, 0.2) is 40.9 Å². The lowest BCUT2D eigenvalue weighted by molar-refractivity contribution is 0.778. The van der Waals surface area contributed by atoms with E-state index in [2.05, 4.69) is 15.0 Å². The highest BCUT2D eigenvalue weighted by Gasteiger charge is 2.09. The molecule has 0 fully saturated rings. The zero-order valence-corrected chi connectivity index (χ0v) is 9.16. The third-order valence-electron chi connectivity index (χ3n) is 1.96. The Kier molecular flexibility index (Phi) is 3.03. The first-order chi connectivity index (χ1) is 7.27. The molecule has 78 valence electrons. The minimum absolute atomic E-state index is 0.0174. The van der Waals surface area contributed by atoms with Crippen molar-refractivity contribution >= 4 is 11.8 Å². The van der Waals surface area contributed by atoms with Gasteiger partial charge in [-0.3, -0.25) is 0 Å². The van der Waals surface area contributed by atoms with E-state index in [0.29, 0.717) is 0 Å². The van der Waals surface area contributed by atoms with Gasteiger partial charge in [0.05, 0.1) is 0 Å². The maximum atomic E-state index is 5.86. The molecule has 0 radical (unpaired) electrons. The standard InChI is InChI=1S/C10H12N4S/c1-7(11)8-3-2-4-12-9(8)15-10-13-5-6-14-10/h2-7H,11H2,1H3,(H,13,14). The molecule has 0 amide bonds. The van der Waals surface area contributed by atoms with Gasteiger partial charge in [0.1, 0.15) is 5.03 Å². The number of hydrogen-bond donors (Lipinski definition) is 2. The maximum absolute atomic E-state index is 5.86. The summed E-state index contributed by atoms with van der Waals surface area (Å²) in [5.74, 6) is 0. The van der Waals surface area contributed by atoms with Crippen LogP contribution in [0.25, 0.3) is 0 Å². The van der Waals surface area contributed by atoms with E-state index in [0.717, 1.165) is 15.7 Å². The number of nitrogens with two attached hydrogens (primary N) is 1. The summed E-state index contributed by atoms with van der Waals surface area (Å²) in [7, 11) is 0. The second-order valence-electron chi connectivity index (χ2n) is 3.18. The molecule has 0 bridgehead atoms. The van der Waals surface area contributed by atoms with Gasteiger partial charge >= 0.3 is 0 Å². The SMILES string of the molecule is CC(N)c1cccnc1Sc1ncc[nH]1. The molecule has 0 saturated heterocycles. The molecule has 0 saturated carbocycles. The van der Waals surface area contributed by atoms with Crippen LogP contribution in [0.2, 0.25) is 0 Å². The molecular formula is C10H12N4S. The second-order valence-corrected chi connectivity index (χ2v) is 4.16. The Balaban J connectivity index is 2.28. The molecule has 1 atom stereocenters. The molecule has 0 aliphatic heterocycles. The van der Waals surface area contributed by atoms with Crippen LogP contribution in [-0.2, 0) is 0 Å². The number of pyridine rings is 1. The molecule has 5 heteroatoms. The summed E-state index contributed by atoms with van der Waals surface area (Å²) in [6.07, 6.45) is 5.27. The summed E-state index contributed by atoms with van der Waals surface area (Å²) in [4.78, 5) is 11.5. The summed E-state index contributed by atoms with van der Waals surface area (Å²) in [5, 5.41) is 1.73. The fourth-order valence-electron chi connectivity index (χ4n) is 1.23. The first-order valence-corrected chi connectivity index (χ1v) is 5.47. The molecule has 2 aromatic heterocycles. The third-order valence-corrected chi connectivity index (χ3v) is 2.91. The van der Waals surface area contributed by atoms with Gasteiger partial charge in [-0.05, 0) is 24.8 Å². The van der Waals surface area contributed by atoms with Gasteiger partial charge in [-0.2, -0.15) is 0 Å². The van der Waals surface area contributed by atoms with Gasteiger partial charge in [-0.25, -0.2) is 9.97 Å². The van der Waals surface area contributed by atoms with Gasteiger partial charge in [0.15, 0.2) is 5.16 Å². The van der Waals surface area contributed by atoms with E-state index in [1.54, 1.807) is 18.6 Å². The van der Waals surface area contributed by atoms with Gasteiger partial charge in [-0.15, -0.1) is 0 Å². The molecule has 0 aromatic carbocycles. The first kappa shape index (κ1) is 10.2. The van der Waals surface area contributed by atoms with E-state index in [-0.39, 0.29) is 6.04 Å². The molecule has 15 heavy (non-hydrogen) atoms. The molecule has 0 spiro atoms. The summed E-state index contributed by atoms with van der Waals surface area (Å²) in [6, 6.07) is 3.87. The largest absolute Gasteiger partial charge is 0.339 e. The summed E-state index contributed by atoms with van der Waals surface area (Å²) in [6.45, 7) is 1.95. The number of imidazole rings is 1. The van der Waals surface area contributed by atoms with E-state index in [1.165, 1.54) is 11.8 Å². The summed E-state index contributed by atoms with van der Waals surface area (Å²) < 4.78 is 0. The average Bonchev–Trinajstić information content (AvgIpc) is 2.71. The molecule has 2 aromatic rings. The Bertz CT molecular complexity index is 425. The molecular weight excluding hydrogens is 208 g/mol. The fourth-order valence-corrected chi connectivity index (χ4v) is 2.14. The predicted octanol–water partition coefficient (Wildman–Crippen LogP) is 1.98. The van der Waals surface area contributed by atoms with E-state index in [4.69, 9.17) is 5.73 Å². The smallest absolute Gasteiger partial charge is 0.171 e. The van der Waals surface area contributed by atoms with E-state index in [9.17, 15) is 0 Å². The van der Waals surface area contributed by atoms with Gasteiger partial charge in [0.2, 0.25) is 0 Å². The lowest BCUT2D eigenvalue weighted by Crippen LogP contribution is -2.07. The quantitative estimate of drug-likeness (QED) is 0.830. The van der Waals surface area contributed by atoms with Crippen LogP contribution in [0, 0.1) is 0 Å². The number of aromatic amines is 1. The topological polar surface area (TPSA) is 67.6 Å². The average molecular weight is 220 g/mol. The van der Waals surface area contributed by atoms with Crippen LogP contribution >= 0.6 is 11.8 Å². The highest BCUT2D eigenvalue weighted by Crippen LogP contribution is 2.28. The van der Waals surface area contributed by atoms with Crippen molar-refractivity contribution in [3.05, 3.63) is 36.3 Å². The summed E-state index contributed by atoms with van der Waals surface area (Å²) in [5.41, 5.74) is 6.90. The van der Waals surface area contributed by atoms with Crippen molar-refractivity contribution < 1.29 is 0 Å². The van der Waals surface area contributed by atoms with Crippen LogP contribution in [0.3, 0.4) is 0 Å². The summed E-state index contributed by atoms with van der Waals surface area (Å²) >= 11 is 1.49. The Morgan fingerprint density at radius 1 is 1.40 bits per heavy atom. The number of nitrogens with zero attached hydrogens (tertiary/aromatic N) is 2. The van der Waals surface area contributed by atoms with E-state index < -0.39 is 0 Å². The third kappa shape index (κ3) is 2.37. The Hall–Kier alpha value is -1.33. The minimum atomic E-state index is -0.0174. The number of aromatic nitrogens is 3. The van der Waals surface area contributed by atoms with Crippen molar-refractivity contribution in [1.82, 2.24) is 15.0 Å². The fraction of sp³-hybridized carbons (Fsp3) is 0.200. The minimum Gasteiger partial charge on any atom is -0.339 e. The molecule has 2 rings (SSSR count). The van der Waals surface area contributed by atoms with E-state index >= 15 is 0 Å². The molecule has 2 heterocycles. The van der Waals surface area contributed by atoms with Crippen molar-refractivity contribution in [3.8, 4) is 0 Å². The highest BCUT2D eigenvalue weighted by molar-refractivity contribution is 7.99. The first-order valence-electron chi connectivity index (χ1n) is 4.65. The van der Waals surface area contributed by atoms with Crippen molar-refractivity contribution in [2.45, 2.75) is 23.1 Å². The molecule has 1 unspecified atom stereocenters. The van der Waals surface area contributed by atoms with Crippen molar-refractivity contribution in [2.24, 2.45) is 5.73 Å². The Morgan fingerprint density at radius 2 is 2.27 bits per heavy atom. The zero-order valence-electron chi connectivity index (χ0n) is 8.34. The highest BCUT2D eigenvalue weighted by atomic mass is 32.2. The van der Waals surface area contributed by atoms with Gasteiger partial charge in [0.25, 0.3) is 0 Å². The van der Waals surface area contributed by atoms with Crippen LogP contribution < -0.4 is 5.73 Å². The maximum Gasteiger partial charge on any atom is 0.171 e. The van der Waals surface area contributed by atoms with Crippen LogP contribution in [-0.4, -0.2) is 15.0 Å². The van der Waals surface area contributed by atoms with Crippen LogP contribution in [0.4, 0.5) is 0 Å². The zero-order chi connectivity index (χ0) is 10.7. The van der Waals surface area contributed by atoms with Gasteiger partial charge in [-0.1, -0.05) is 6.07 Å². The molecule has 4 nitrogen and oxygen atoms in total. The number of hydrogen-bond acceptors (Lipinski definition) is 4. The lowest BCUT2D eigenvalue weighted by Gasteiger charge is -2.09. The lowest BCUT2D eigenvalue weighted by atomic mass is 10.2. The predicted molar refractivity (Wildman–Crippen MR) is 59.6 cm³/mol. The van der Waals surface area contributed by atoms with Gasteiger partial charge < -0.3 is 10.7 Å². The second kappa shape index (κ2) is 4.46.